The van der Waals surface area contributed by atoms with Crippen LogP contribution in [0.2, 0.25) is 5.02 Å². The van der Waals surface area contributed by atoms with Crippen LogP contribution in [0.3, 0.4) is 0 Å². The maximum absolute atomic E-state index is 13.3. The molecule has 31 heavy (non-hydrogen) atoms. The van der Waals surface area contributed by atoms with Crippen molar-refractivity contribution >= 4 is 34.4 Å². The average molecular weight is 439 g/mol. The zero-order valence-electron chi connectivity index (χ0n) is 18.3. The van der Waals surface area contributed by atoms with E-state index in [1.807, 2.05) is 30.3 Å². The summed E-state index contributed by atoms with van der Waals surface area (Å²) in [6, 6.07) is 11.4. The Hall–Kier alpha value is -2.86. The molecule has 1 aromatic carbocycles. The summed E-state index contributed by atoms with van der Waals surface area (Å²) in [4.78, 5) is 32.0. The van der Waals surface area contributed by atoms with Crippen molar-refractivity contribution in [3.05, 3.63) is 53.3 Å². The van der Waals surface area contributed by atoms with Crippen molar-refractivity contribution in [1.82, 2.24) is 19.8 Å². The van der Waals surface area contributed by atoms with Crippen molar-refractivity contribution in [3.63, 3.8) is 0 Å². The van der Waals surface area contributed by atoms with E-state index >= 15 is 0 Å². The Balaban J connectivity index is 1.80. The molecule has 4 rings (SSSR count). The van der Waals surface area contributed by atoms with Gasteiger partial charge >= 0.3 is 0 Å². The second-order valence-corrected chi connectivity index (χ2v) is 9.37. The van der Waals surface area contributed by atoms with Gasteiger partial charge in [-0.2, -0.15) is 0 Å². The molecule has 0 saturated carbocycles. The number of halogens is 1. The lowest BCUT2D eigenvalue weighted by molar-refractivity contribution is -0.133. The molecule has 2 amide bonds. The third-order valence-corrected chi connectivity index (χ3v) is 6.01. The van der Waals surface area contributed by atoms with Gasteiger partial charge in [-0.05, 0) is 49.6 Å². The van der Waals surface area contributed by atoms with Crippen LogP contribution in [-0.2, 0) is 11.3 Å². The van der Waals surface area contributed by atoms with Gasteiger partial charge in [0, 0.05) is 41.8 Å². The summed E-state index contributed by atoms with van der Waals surface area (Å²) in [5.41, 5.74) is 2.30. The molecule has 0 spiro atoms. The van der Waals surface area contributed by atoms with E-state index in [1.165, 1.54) is 0 Å². The molecule has 0 bridgehead atoms. The first-order valence-corrected chi connectivity index (χ1v) is 10.9. The fourth-order valence-electron chi connectivity index (χ4n) is 4.07. The summed E-state index contributed by atoms with van der Waals surface area (Å²) >= 11 is 6.07. The number of carbonyl (C=O) groups is 2. The fraction of sp³-hybridized carbons (Fsp3) is 0.375. The zero-order chi connectivity index (χ0) is 22.3. The minimum atomic E-state index is -0.916. The number of piperazine rings is 1. The summed E-state index contributed by atoms with van der Waals surface area (Å²) in [5.74, 6) is 0.0352. The van der Waals surface area contributed by atoms with E-state index in [4.69, 9.17) is 16.6 Å². The van der Waals surface area contributed by atoms with Crippen LogP contribution in [0.4, 0.5) is 0 Å². The van der Waals surface area contributed by atoms with Gasteiger partial charge in [0.15, 0.2) is 0 Å². The molecule has 1 fully saturated rings. The van der Waals surface area contributed by atoms with E-state index in [2.05, 4.69) is 29.9 Å². The number of fused-ring (bicyclic) bond motifs is 1. The number of nitrogens with one attached hydrogen (secondary N) is 1. The number of amides is 2. The molecular formula is C24H27ClN4O2. The van der Waals surface area contributed by atoms with Gasteiger partial charge in [-0.15, -0.1) is 0 Å². The van der Waals surface area contributed by atoms with E-state index in [0.717, 1.165) is 28.7 Å². The topological polar surface area (TPSA) is 67.2 Å². The summed E-state index contributed by atoms with van der Waals surface area (Å²) in [5, 5.41) is 4.50. The number of hydrogen-bond acceptors (Lipinski definition) is 3. The van der Waals surface area contributed by atoms with Gasteiger partial charge in [0.25, 0.3) is 5.91 Å². The van der Waals surface area contributed by atoms with Gasteiger partial charge in [-0.1, -0.05) is 37.6 Å². The third kappa shape index (κ3) is 3.92. The second kappa shape index (κ2) is 8.00. The van der Waals surface area contributed by atoms with Gasteiger partial charge in [-0.25, -0.2) is 4.98 Å². The fourth-order valence-corrected chi connectivity index (χ4v) is 4.19. The van der Waals surface area contributed by atoms with Crippen LogP contribution >= 0.6 is 11.6 Å². The van der Waals surface area contributed by atoms with Crippen LogP contribution in [0.15, 0.2) is 42.6 Å². The monoisotopic (exact) mass is 438 g/mol. The highest BCUT2D eigenvalue weighted by Gasteiger charge is 2.41. The lowest BCUT2D eigenvalue weighted by Crippen LogP contribution is -2.63. The van der Waals surface area contributed by atoms with Crippen LogP contribution in [0.25, 0.3) is 22.2 Å². The highest BCUT2D eigenvalue weighted by molar-refractivity contribution is 6.30. The number of hydrogen-bond donors (Lipinski definition) is 1. The highest BCUT2D eigenvalue weighted by atomic mass is 35.5. The molecule has 0 aliphatic carbocycles. The van der Waals surface area contributed by atoms with Crippen molar-refractivity contribution in [1.29, 1.82) is 0 Å². The van der Waals surface area contributed by atoms with E-state index in [1.54, 1.807) is 24.8 Å². The Morgan fingerprint density at radius 1 is 1.19 bits per heavy atom. The molecule has 1 saturated heterocycles. The Bertz CT molecular complexity index is 1150. The number of benzene rings is 1. The predicted octanol–water partition coefficient (Wildman–Crippen LogP) is 4.36. The molecule has 0 unspecified atom stereocenters. The molecule has 1 N–H and O–H groups in total. The molecular weight excluding hydrogens is 412 g/mol. The Kier molecular flexibility index (Phi) is 5.52. The van der Waals surface area contributed by atoms with E-state index in [-0.39, 0.29) is 11.8 Å². The first-order valence-electron chi connectivity index (χ1n) is 10.5. The molecule has 2 aromatic heterocycles. The SMILES string of the molecule is CC(C)Cn1cc(-c2ccc(Cl)cc2)c2ccc(C(=O)N3CCNC(=O)C3(C)C)nc21. The lowest BCUT2D eigenvalue weighted by Gasteiger charge is -2.40. The van der Waals surface area contributed by atoms with E-state index < -0.39 is 5.54 Å². The molecule has 162 valence electrons. The Morgan fingerprint density at radius 3 is 2.58 bits per heavy atom. The molecule has 6 nitrogen and oxygen atoms in total. The first-order chi connectivity index (χ1) is 14.7. The first kappa shape index (κ1) is 21.4. The zero-order valence-corrected chi connectivity index (χ0v) is 19.0. The quantitative estimate of drug-likeness (QED) is 0.657. The van der Waals surface area contributed by atoms with Crippen molar-refractivity contribution in [2.45, 2.75) is 39.8 Å². The molecule has 1 aliphatic rings. The lowest BCUT2D eigenvalue weighted by atomic mass is 9.98. The van der Waals surface area contributed by atoms with Crippen LogP contribution < -0.4 is 5.32 Å². The summed E-state index contributed by atoms with van der Waals surface area (Å²) in [6.45, 7) is 9.51. The smallest absolute Gasteiger partial charge is 0.273 e. The standard InChI is InChI=1S/C24H27ClN4O2/c1-15(2)13-28-14-19(16-5-7-17(25)8-6-16)18-9-10-20(27-21(18)28)22(30)29-12-11-26-23(31)24(29,3)4/h5-10,14-15H,11-13H2,1-4H3,(H,26,31). The maximum Gasteiger partial charge on any atom is 0.273 e. The number of nitrogens with zero attached hydrogens (tertiary/aromatic N) is 3. The minimum absolute atomic E-state index is 0.151. The molecule has 0 atom stereocenters. The molecule has 1 aliphatic heterocycles. The van der Waals surface area contributed by atoms with Crippen molar-refractivity contribution < 1.29 is 9.59 Å². The van der Waals surface area contributed by atoms with Crippen molar-refractivity contribution in [2.75, 3.05) is 13.1 Å². The van der Waals surface area contributed by atoms with Crippen LogP contribution in [-0.4, -0.2) is 44.9 Å². The number of rotatable bonds is 4. The average Bonchev–Trinajstić information content (AvgIpc) is 3.07. The van der Waals surface area contributed by atoms with Gasteiger partial charge in [-0.3, -0.25) is 9.59 Å². The van der Waals surface area contributed by atoms with E-state index in [9.17, 15) is 9.59 Å². The number of aromatic nitrogens is 2. The number of carbonyl (C=O) groups excluding carboxylic acids is 2. The molecule has 7 heteroatoms. The highest BCUT2D eigenvalue weighted by Crippen LogP contribution is 2.32. The Labute approximate surface area is 187 Å². The van der Waals surface area contributed by atoms with Gasteiger partial charge < -0.3 is 14.8 Å². The van der Waals surface area contributed by atoms with Gasteiger partial charge in [0.1, 0.15) is 16.9 Å². The van der Waals surface area contributed by atoms with Gasteiger partial charge in [0.05, 0.1) is 0 Å². The van der Waals surface area contributed by atoms with Gasteiger partial charge in [0.2, 0.25) is 5.91 Å². The summed E-state index contributed by atoms with van der Waals surface area (Å²) in [7, 11) is 0. The minimum Gasteiger partial charge on any atom is -0.352 e. The Morgan fingerprint density at radius 2 is 1.90 bits per heavy atom. The van der Waals surface area contributed by atoms with Crippen LogP contribution in [0.5, 0.6) is 0 Å². The number of pyridine rings is 1. The second-order valence-electron chi connectivity index (χ2n) is 8.94. The summed E-state index contributed by atoms with van der Waals surface area (Å²) < 4.78 is 2.11. The van der Waals surface area contributed by atoms with E-state index in [0.29, 0.717) is 29.7 Å². The third-order valence-electron chi connectivity index (χ3n) is 5.76. The molecule has 3 aromatic rings. The van der Waals surface area contributed by atoms with Crippen molar-refractivity contribution in [3.8, 4) is 11.1 Å². The molecule has 3 heterocycles. The van der Waals surface area contributed by atoms with Crippen LogP contribution in [0, 0.1) is 5.92 Å². The predicted molar refractivity (Wildman–Crippen MR) is 123 cm³/mol. The largest absolute Gasteiger partial charge is 0.352 e. The normalized spacial score (nSPS) is 16.1. The maximum atomic E-state index is 13.3. The molecule has 0 radical (unpaired) electrons. The summed E-state index contributed by atoms with van der Waals surface area (Å²) in [6.07, 6.45) is 2.09. The van der Waals surface area contributed by atoms with Crippen molar-refractivity contribution in [2.24, 2.45) is 5.92 Å². The van der Waals surface area contributed by atoms with Crippen LogP contribution in [0.1, 0.15) is 38.2 Å².